The number of ether oxygens (including phenoxy) is 1. The molecular formula is C17H15N5OS. The monoisotopic (exact) mass is 337 g/mol. The number of hydrogen-bond acceptors (Lipinski definition) is 7. The Morgan fingerprint density at radius 2 is 2.17 bits per heavy atom. The van der Waals surface area contributed by atoms with Crippen molar-refractivity contribution in [3.63, 3.8) is 0 Å². The molecule has 4 rings (SSSR count). The molecule has 0 fully saturated rings. The lowest BCUT2D eigenvalue weighted by Gasteiger charge is -2.18. The average molecular weight is 337 g/mol. The molecule has 0 aliphatic carbocycles. The fraction of sp³-hybridized carbons (Fsp3) is 0.176. The van der Waals surface area contributed by atoms with Crippen molar-refractivity contribution < 1.29 is 4.74 Å². The number of nitrogens with zero attached hydrogens (tertiary/aromatic N) is 4. The number of nitrogens with two attached hydrogens (primary N) is 1. The van der Waals surface area contributed by atoms with Gasteiger partial charge in [-0.05, 0) is 31.2 Å². The second kappa shape index (κ2) is 6.01. The van der Waals surface area contributed by atoms with E-state index in [2.05, 4.69) is 15.1 Å². The Kier molecular flexibility index (Phi) is 3.70. The third kappa shape index (κ3) is 2.52. The molecule has 0 atom stereocenters. The van der Waals surface area contributed by atoms with E-state index in [1.807, 2.05) is 37.4 Å². The second-order valence-corrected chi connectivity index (χ2v) is 6.39. The van der Waals surface area contributed by atoms with E-state index in [0.29, 0.717) is 13.0 Å². The Bertz CT molecular complexity index is 920. The van der Waals surface area contributed by atoms with Gasteiger partial charge in [0.1, 0.15) is 16.5 Å². The lowest BCUT2D eigenvalue weighted by Crippen LogP contribution is -2.19. The van der Waals surface area contributed by atoms with Crippen molar-refractivity contribution in [2.75, 3.05) is 6.61 Å². The smallest absolute Gasteiger partial charge is 0.146 e. The zero-order valence-electron chi connectivity index (χ0n) is 13.1. The van der Waals surface area contributed by atoms with Crippen LogP contribution in [0.5, 0.6) is 5.75 Å². The molecule has 3 aromatic heterocycles. The van der Waals surface area contributed by atoms with Gasteiger partial charge in [-0.25, -0.2) is 9.97 Å². The maximum absolute atomic E-state index is 5.63. The highest BCUT2D eigenvalue weighted by Gasteiger charge is 2.21. The topological polar surface area (TPSA) is 86.3 Å². The highest BCUT2D eigenvalue weighted by atomic mass is 32.1. The molecule has 0 bridgehead atoms. The van der Waals surface area contributed by atoms with Gasteiger partial charge in [-0.1, -0.05) is 0 Å². The van der Waals surface area contributed by atoms with E-state index in [9.17, 15) is 0 Å². The van der Waals surface area contributed by atoms with Crippen molar-refractivity contribution in [2.24, 2.45) is 10.9 Å². The fourth-order valence-corrected chi connectivity index (χ4v) is 3.67. The molecule has 1 aliphatic heterocycles. The molecule has 6 nitrogen and oxygen atoms in total. The number of fused-ring (bicyclic) bond motifs is 1. The van der Waals surface area contributed by atoms with Gasteiger partial charge in [0.2, 0.25) is 0 Å². The third-order valence-electron chi connectivity index (χ3n) is 3.82. The molecule has 0 unspecified atom stereocenters. The van der Waals surface area contributed by atoms with Crippen molar-refractivity contribution in [1.82, 2.24) is 15.0 Å². The van der Waals surface area contributed by atoms with Crippen LogP contribution in [0.4, 0.5) is 0 Å². The summed E-state index contributed by atoms with van der Waals surface area (Å²) < 4.78 is 5.63. The zero-order chi connectivity index (χ0) is 16.5. The number of aromatic nitrogens is 3. The van der Waals surface area contributed by atoms with Gasteiger partial charge in [0.25, 0.3) is 0 Å². The SMILES string of the molecule is Cc1nc(-c2cccnc2)sc1-c1ccc2c(n1)C(=NN)CCO2. The Hall–Kier alpha value is -2.80. The van der Waals surface area contributed by atoms with E-state index in [-0.39, 0.29) is 0 Å². The molecule has 0 aromatic carbocycles. The Morgan fingerprint density at radius 1 is 1.25 bits per heavy atom. The molecule has 4 heterocycles. The largest absolute Gasteiger partial charge is 0.491 e. The predicted octanol–water partition coefficient (Wildman–Crippen LogP) is 3.02. The first-order valence-electron chi connectivity index (χ1n) is 7.55. The van der Waals surface area contributed by atoms with Gasteiger partial charge in [0, 0.05) is 24.4 Å². The van der Waals surface area contributed by atoms with Crippen LogP contribution >= 0.6 is 11.3 Å². The Labute approximate surface area is 143 Å². The molecule has 0 saturated heterocycles. The van der Waals surface area contributed by atoms with Gasteiger partial charge in [0.05, 0.1) is 28.6 Å². The van der Waals surface area contributed by atoms with Crippen LogP contribution in [-0.2, 0) is 0 Å². The standard InChI is InChI=1S/C17H15N5OS/c1-10-16(24-17(20-10)11-3-2-7-19-9-11)13-4-5-14-15(21-13)12(22-18)6-8-23-14/h2-5,7,9H,6,8,18H2,1H3. The molecule has 0 radical (unpaired) electrons. The number of aryl methyl sites for hydroxylation is 1. The van der Waals surface area contributed by atoms with Crippen LogP contribution in [0.25, 0.3) is 21.1 Å². The summed E-state index contributed by atoms with van der Waals surface area (Å²) in [5, 5.41) is 4.78. The summed E-state index contributed by atoms with van der Waals surface area (Å²) in [5.74, 6) is 6.22. The summed E-state index contributed by atoms with van der Waals surface area (Å²) in [6, 6.07) is 7.78. The van der Waals surface area contributed by atoms with Crippen LogP contribution < -0.4 is 10.6 Å². The number of rotatable bonds is 2. The summed E-state index contributed by atoms with van der Waals surface area (Å²) >= 11 is 1.60. The fourth-order valence-electron chi connectivity index (χ4n) is 2.64. The lowest BCUT2D eigenvalue weighted by molar-refractivity contribution is 0.318. The van der Waals surface area contributed by atoms with Crippen LogP contribution in [0.1, 0.15) is 17.8 Å². The first kappa shape index (κ1) is 14.8. The highest BCUT2D eigenvalue weighted by molar-refractivity contribution is 7.18. The van der Waals surface area contributed by atoms with E-state index in [1.165, 1.54) is 0 Å². The molecule has 1 aliphatic rings. The van der Waals surface area contributed by atoms with E-state index < -0.39 is 0 Å². The van der Waals surface area contributed by atoms with E-state index in [1.54, 1.807) is 17.5 Å². The van der Waals surface area contributed by atoms with Gasteiger partial charge < -0.3 is 10.6 Å². The summed E-state index contributed by atoms with van der Waals surface area (Å²) in [5.41, 5.74) is 4.28. The lowest BCUT2D eigenvalue weighted by atomic mass is 10.1. The summed E-state index contributed by atoms with van der Waals surface area (Å²) in [6.45, 7) is 2.57. The second-order valence-electron chi connectivity index (χ2n) is 5.39. The maximum atomic E-state index is 5.63. The molecule has 0 spiro atoms. The van der Waals surface area contributed by atoms with Crippen LogP contribution in [0.15, 0.2) is 41.8 Å². The van der Waals surface area contributed by atoms with Gasteiger partial charge in [-0.2, -0.15) is 5.10 Å². The number of thiazole rings is 1. The minimum Gasteiger partial charge on any atom is -0.491 e. The van der Waals surface area contributed by atoms with E-state index in [0.717, 1.165) is 44.0 Å². The first-order chi connectivity index (χ1) is 11.8. The van der Waals surface area contributed by atoms with Gasteiger partial charge >= 0.3 is 0 Å². The molecular weight excluding hydrogens is 322 g/mol. The van der Waals surface area contributed by atoms with Crippen LogP contribution in [0, 0.1) is 6.92 Å². The Morgan fingerprint density at radius 3 is 2.96 bits per heavy atom. The third-order valence-corrected chi connectivity index (χ3v) is 5.05. The summed E-state index contributed by atoms with van der Waals surface area (Å²) in [6.07, 6.45) is 4.24. The molecule has 120 valence electrons. The highest BCUT2D eigenvalue weighted by Crippen LogP contribution is 2.35. The van der Waals surface area contributed by atoms with E-state index in [4.69, 9.17) is 15.6 Å². The van der Waals surface area contributed by atoms with Gasteiger partial charge in [0.15, 0.2) is 0 Å². The van der Waals surface area contributed by atoms with Crippen LogP contribution in [-0.4, -0.2) is 27.3 Å². The predicted molar refractivity (Wildman–Crippen MR) is 94.1 cm³/mol. The van der Waals surface area contributed by atoms with E-state index >= 15 is 0 Å². The van der Waals surface area contributed by atoms with Crippen molar-refractivity contribution >= 4 is 17.0 Å². The molecule has 3 aromatic rings. The van der Waals surface area contributed by atoms with Crippen molar-refractivity contribution in [3.8, 4) is 26.9 Å². The number of pyridine rings is 2. The number of hydrogen-bond donors (Lipinski definition) is 1. The number of hydrazone groups is 1. The quantitative estimate of drug-likeness (QED) is 0.574. The Balaban J connectivity index is 1.79. The minimum atomic E-state index is 0.578. The average Bonchev–Trinajstić information content (AvgIpc) is 3.03. The van der Waals surface area contributed by atoms with Crippen LogP contribution in [0.3, 0.4) is 0 Å². The molecule has 24 heavy (non-hydrogen) atoms. The normalized spacial score (nSPS) is 15.1. The molecule has 0 amide bonds. The minimum absolute atomic E-state index is 0.578. The van der Waals surface area contributed by atoms with Gasteiger partial charge in [-0.3, -0.25) is 4.98 Å². The van der Waals surface area contributed by atoms with Crippen LogP contribution in [0.2, 0.25) is 0 Å². The molecule has 7 heteroatoms. The van der Waals surface area contributed by atoms with Crippen molar-refractivity contribution in [2.45, 2.75) is 13.3 Å². The zero-order valence-corrected chi connectivity index (χ0v) is 13.9. The summed E-state index contributed by atoms with van der Waals surface area (Å²) in [7, 11) is 0. The molecule has 2 N–H and O–H groups in total. The van der Waals surface area contributed by atoms with Gasteiger partial charge in [-0.15, -0.1) is 11.3 Å². The van der Waals surface area contributed by atoms with Crippen molar-refractivity contribution in [3.05, 3.63) is 48.0 Å². The maximum Gasteiger partial charge on any atom is 0.146 e. The van der Waals surface area contributed by atoms with Crippen molar-refractivity contribution in [1.29, 1.82) is 0 Å². The first-order valence-corrected chi connectivity index (χ1v) is 8.37. The molecule has 0 saturated carbocycles. The summed E-state index contributed by atoms with van der Waals surface area (Å²) in [4.78, 5) is 14.6.